The molecule has 1 atom stereocenters. The van der Waals surface area contributed by atoms with Gasteiger partial charge in [0, 0.05) is 10.5 Å². The first-order valence-corrected chi connectivity index (χ1v) is 6.78. The maximum atomic E-state index is 13.2. The van der Waals surface area contributed by atoms with Crippen LogP contribution in [0, 0.1) is 6.08 Å². The lowest BCUT2D eigenvalue weighted by Crippen LogP contribution is -2.13. The molecule has 0 saturated carbocycles. The maximum Gasteiger partial charge on any atom is 0.312 e. The van der Waals surface area contributed by atoms with E-state index in [9.17, 15) is 4.39 Å². The average molecular weight is 361 g/mol. The van der Waals surface area contributed by atoms with E-state index in [2.05, 4.69) is 61.3 Å². The van der Waals surface area contributed by atoms with Crippen LogP contribution in [0.15, 0.2) is 18.5 Å². The third-order valence-corrected chi connectivity index (χ3v) is 4.30. The molecular formula is C11H13FIN5. The lowest BCUT2D eigenvalue weighted by molar-refractivity contribution is 0.545. The molecule has 0 aliphatic rings. The van der Waals surface area contributed by atoms with Crippen molar-refractivity contribution in [3.05, 3.63) is 24.6 Å². The molecular weight excluding hydrogens is 348 g/mol. The van der Waals surface area contributed by atoms with Crippen molar-refractivity contribution in [3.63, 3.8) is 0 Å². The molecule has 0 aliphatic heterocycles. The Labute approximate surface area is 117 Å². The maximum absolute atomic E-state index is 13.2. The highest BCUT2D eigenvalue weighted by Gasteiger charge is 2.11. The number of nitrogens with zero attached hydrogens (tertiary/aromatic N) is 3. The summed E-state index contributed by atoms with van der Waals surface area (Å²) in [5, 5.41) is 3.05. The van der Waals surface area contributed by atoms with Gasteiger partial charge in [0.25, 0.3) is 0 Å². The summed E-state index contributed by atoms with van der Waals surface area (Å²) in [6.07, 6.45) is 1.70. The highest BCUT2D eigenvalue weighted by atomic mass is 127. The lowest BCUT2D eigenvalue weighted by atomic mass is 10.2. The minimum Gasteiger partial charge on any atom is -0.364 e. The number of imidazole rings is 1. The molecule has 0 aliphatic carbocycles. The van der Waals surface area contributed by atoms with Crippen LogP contribution in [0.3, 0.4) is 0 Å². The Morgan fingerprint density at radius 2 is 2.39 bits per heavy atom. The zero-order valence-corrected chi connectivity index (χ0v) is 12.0. The number of aromatic amines is 1. The molecule has 0 spiro atoms. The van der Waals surface area contributed by atoms with Crippen molar-refractivity contribution in [1.29, 1.82) is 0 Å². The van der Waals surface area contributed by atoms with E-state index in [0.29, 0.717) is 27.5 Å². The second-order valence-electron chi connectivity index (χ2n) is 3.83. The van der Waals surface area contributed by atoms with Gasteiger partial charge >= 0.3 is 6.08 Å². The van der Waals surface area contributed by atoms with Crippen molar-refractivity contribution in [1.82, 2.24) is 19.9 Å². The molecule has 0 bridgehead atoms. The summed E-state index contributed by atoms with van der Waals surface area (Å²) in [5.74, 6) is 0.389. The summed E-state index contributed by atoms with van der Waals surface area (Å²) in [5.41, 5.74) is 1.96. The largest absolute Gasteiger partial charge is 0.364 e. The Balaban J connectivity index is 2.16. The van der Waals surface area contributed by atoms with Crippen LogP contribution in [0.25, 0.3) is 11.2 Å². The topological polar surface area (TPSA) is 66.5 Å². The summed E-state index contributed by atoms with van der Waals surface area (Å²) < 4.78 is 13.6. The fraction of sp³-hybridized carbons (Fsp3) is 0.364. The van der Waals surface area contributed by atoms with Crippen LogP contribution in [0.2, 0.25) is 0 Å². The van der Waals surface area contributed by atoms with Crippen molar-refractivity contribution in [2.45, 2.75) is 17.3 Å². The van der Waals surface area contributed by atoms with Gasteiger partial charge in [0.05, 0.1) is 6.33 Å². The van der Waals surface area contributed by atoms with Crippen LogP contribution in [-0.2, 0) is 0 Å². The van der Waals surface area contributed by atoms with Gasteiger partial charge in [-0.05, 0) is 12.0 Å². The van der Waals surface area contributed by atoms with Gasteiger partial charge in [-0.25, -0.2) is 4.98 Å². The number of anilines is 1. The molecule has 5 nitrogen and oxygen atoms in total. The molecule has 2 heterocycles. The van der Waals surface area contributed by atoms with Crippen molar-refractivity contribution in [2.24, 2.45) is 0 Å². The minimum absolute atomic E-state index is 0.386. The molecule has 18 heavy (non-hydrogen) atoms. The third kappa shape index (κ3) is 2.77. The van der Waals surface area contributed by atoms with Crippen LogP contribution < -0.4 is 5.32 Å². The molecule has 0 radical (unpaired) electrons. The zero-order chi connectivity index (χ0) is 13.1. The first kappa shape index (κ1) is 13.2. The summed E-state index contributed by atoms with van der Waals surface area (Å²) in [6, 6.07) is 0. The Bertz CT molecular complexity index is 568. The number of nitrogens with one attached hydrogen (secondary N) is 2. The van der Waals surface area contributed by atoms with Crippen molar-refractivity contribution >= 4 is 39.6 Å². The van der Waals surface area contributed by atoms with Gasteiger partial charge < -0.3 is 10.3 Å². The summed E-state index contributed by atoms with van der Waals surface area (Å²) >= 11 is 2.33. The summed E-state index contributed by atoms with van der Waals surface area (Å²) in [4.78, 5) is 14.1. The quantitative estimate of drug-likeness (QED) is 0.372. The molecule has 7 heteroatoms. The Morgan fingerprint density at radius 3 is 3.11 bits per heavy atom. The second-order valence-corrected chi connectivity index (χ2v) is 5.33. The van der Waals surface area contributed by atoms with Gasteiger partial charge in [0.1, 0.15) is 5.52 Å². The molecule has 0 aromatic carbocycles. The summed E-state index contributed by atoms with van der Waals surface area (Å²) in [7, 11) is 0. The smallest absolute Gasteiger partial charge is 0.312 e. The lowest BCUT2D eigenvalue weighted by Gasteiger charge is -2.12. The molecule has 96 valence electrons. The van der Waals surface area contributed by atoms with Gasteiger partial charge in [0.2, 0.25) is 0 Å². The van der Waals surface area contributed by atoms with E-state index in [1.165, 1.54) is 6.33 Å². The second kappa shape index (κ2) is 5.59. The van der Waals surface area contributed by atoms with E-state index in [-0.39, 0.29) is 0 Å². The standard InChI is InChI=1S/C11H13FIN5/c1-3-7(13)6(2)4-14-9-8-10(16-5-15-8)18-11(12)17-9/h5,7H,2-4H2,1H3,(H2,14,15,16,17,18). The van der Waals surface area contributed by atoms with Crippen LogP contribution in [-0.4, -0.2) is 30.4 Å². The molecule has 2 rings (SSSR count). The fourth-order valence-corrected chi connectivity index (χ4v) is 1.75. The van der Waals surface area contributed by atoms with Gasteiger partial charge in [-0.15, -0.1) is 0 Å². The number of hydrogen-bond donors (Lipinski definition) is 2. The Morgan fingerprint density at radius 1 is 1.61 bits per heavy atom. The number of H-pyrrole nitrogens is 1. The van der Waals surface area contributed by atoms with E-state index in [1.807, 2.05) is 0 Å². The first-order valence-electron chi connectivity index (χ1n) is 5.54. The van der Waals surface area contributed by atoms with Gasteiger partial charge in [-0.1, -0.05) is 36.1 Å². The Kier molecular flexibility index (Phi) is 4.10. The molecule has 2 N–H and O–H groups in total. The van der Waals surface area contributed by atoms with Gasteiger partial charge in [0.15, 0.2) is 11.5 Å². The SMILES string of the molecule is C=C(CNc1nc(F)nc2[nH]cnc12)C(I)CC. The van der Waals surface area contributed by atoms with Crippen LogP contribution in [0.5, 0.6) is 0 Å². The molecule has 2 aromatic heterocycles. The Hall–Kier alpha value is -1.25. The minimum atomic E-state index is -0.777. The fourth-order valence-electron chi connectivity index (χ4n) is 1.53. The predicted octanol–water partition coefficient (Wildman–Crippen LogP) is 2.67. The number of fused-ring (bicyclic) bond motifs is 1. The van der Waals surface area contributed by atoms with E-state index in [1.54, 1.807) is 0 Å². The number of hydrogen-bond acceptors (Lipinski definition) is 4. The third-order valence-electron chi connectivity index (χ3n) is 2.54. The van der Waals surface area contributed by atoms with E-state index < -0.39 is 6.08 Å². The normalized spacial score (nSPS) is 12.6. The van der Waals surface area contributed by atoms with Crippen molar-refractivity contribution < 1.29 is 4.39 Å². The number of aromatic nitrogens is 4. The number of rotatable bonds is 5. The summed E-state index contributed by atoms with van der Waals surface area (Å²) in [6.45, 7) is 6.63. The predicted molar refractivity (Wildman–Crippen MR) is 77.4 cm³/mol. The van der Waals surface area contributed by atoms with Gasteiger partial charge in [-0.3, -0.25) is 0 Å². The highest BCUT2D eigenvalue weighted by Crippen LogP contribution is 2.19. The van der Waals surface area contributed by atoms with E-state index in [0.717, 1.165) is 12.0 Å². The highest BCUT2D eigenvalue weighted by molar-refractivity contribution is 14.1. The van der Waals surface area contributed by atoms with Crippen LogP contribution in [0.1, 0.15) is 13.3 Å². The average Bonchev–Trinajstić information content (AvgIpc) is 2.82. The molecule has 1 unspecified atom stereocenters. The molecule has 2 aromatic rings. The number of alkyl halides is 1. The van der Waals surface area contributed by atoms with Gasteiger partial charge in [-0.2, -0.15) is 14.4 Å². The molecule has 0 saturated heterocycles. The first-order chi connectivity index (χ1) is 8.61. The van der Waals surface area contributed by atoms with Crippen molar-refractivity contribution in [2.75, 3.05) is 11.9 Å². The molecule has 0 fully saturated rings. The van der Waals surface area contributed by atoms with Crippen molar-refractivity contribution in [3.8, 4) is 0 Å². The molecule has 0 amide bonds. The van der Waals surface area contributed by atoms with Crippen LogP contribution >= 0.6 is 22.6 Å². The zero-order valence-electron chi connectivity index (χ0n) is 9.87. The number of halogens is 2. The van der Waals surface area contributed by atoms with E-state index >= 15 is 0 Å². The van der Waals surface area contributed by atoms with Crippen LogP contribution in [0.4, 0.5) is 10.2 Å². The van der Waals surface area contributed by atoms with E-state index in [4.69, 9.17) is 0 Å². The monoisotopic (exact) mass is 361 g/mol.